The second kappa shape index (κ2) is 6.76. The number of carbonyl (C=O) groups excluding carboxylic acids is 2. The van der Waals surface area contributed by atoms with Gasteiger partial charge in [-0.15, -0.1) is 6.42 Å². The fraction of sp³-hybridized carbons (Fsp3) is 0.0417. The third-order valence-electron chi connectivity index (χ3n) is 4.60. The molecule has 3 aromatic carbocycles. The molecule has 1 aliphatic heterocycles. The summed E-state index contributed by atoms with van der Waals surface area (Å²) in [7, 11) is 0. The van der Waals surface area contributed by atoms with E-state index in [0.717, 1.165) is 21.4 Å². The van der Waals surface area contributed by atoms with Gasteiger partial charge in [-0.1, -0.05) is 29.9 Å². The van der Waals surface area contributed by atoms with Gasteiger partial charge in [-0.2, -0.15) is 5.26 Å². The Hall–Kier alpha value is -4.33. The number of rotatable bonds is 1. The van der Waals surface area contributed by atoms with Gasteiger partial charge < -0.3 is 0 Å². The zero-order valence-corrected chi connectivity index (χ0v) is 14.7. The average molecular weight is 360 g/mol. The Kier molecular flexibility index (Phi) is 4.13. The van der Waals surface area contributed by atoms with Crippen LogP contribution >= 0.6 is 0 Å². The Morgan fingerprint density at radius 2 is 1.54 bits per heavy atom. The minimum atomic E-state index is -0.391. The molecule has 0 saturated carbocycles. The maximum absolute atomic E-state index is 12.7. The van der Waals surface area contributed by atoms with Crippen LogP contribution in [0.15, 0.2) is 54.6 Å². The highest BCUT2D eigenvalue weighted by molar-refractivity contribution is 6.26. The van der Waals surface area contributed by atoms with Crippen LogP contribution in [0.5, 0.6) is 0 Å². The quantitative estimate of drug-likeness (QED) is 0.494. The summed E-state index contributed by atoms with van der Waals surface area (Å²) in [5.41, 5.74) is 2.96. The third-order valence-corrected chi connectivity index (χ3v) is 4.60. The molecular formula is C24H12N2O2. The molecule has 0 aromatic heterocycles. The van der Waals surface area contributed by atoms with Crippen LogP contribution in [-0.4, -0.2) is 23.3 Å². The summed E-state index contributed by atoms with van der Waals surface area (Å²) in [6, 6.07) is 17.8. The molecule has 0 saturated heterocycles. The number of hydrogen-bond acceptors (Lipinski definition) is 3. The number of hydrogen-bond donors (Lipinski definition) is 0. The zero-order chi connectivity index (χ0) is 19.7. The van der Waals surface area contributed by atoms with E-state index in [4.69, 9.17) is 11.7 Å². The van der Waals surface area contributed by atoms with E-state index in [9.17, 15) is 9.59 Å². The fourth-order valence-corrected chi connectivity index (χ4v) is 3.26. The van der Waals surface area contributed by atoms with Gasteiger partial charge in [0.25, 0.3) is 11.8 Å². The van der Waals surface area contributed by atoms with Crippen LogP contribution in [0.25, 0.3) is 10.8 Å². The van der Waals surface area contributed by atoms with Crippen LogP contribution in [0.3, 0.4) is 0 Å². The van der Waals surface area contributed by atoms with Crippen molar-refractivity contribution in [3.63, 3.8) is 0 Å². The Labute approximate surface area is 162 Å². The number of nitrogens with zero attached hydrogens (tertiary/aromatic N) is 2. The molecule has 4 heteroatoms. The Bertz CT molecular complexity index is 1270. The molecule has 0 radical (unpaired) electrons. The van der Waals surface area contributed by atoms with Crippen molar-refractivity contribution in [2.24, 2.45) is 0 Å². The van der Waals surface area contributed by atoms with Gasteiger partial charge in [0, 0.05) is 27.6 Å². The Morgan fingerprint density at radius 3 is 2.21 bits per heavy atom. The largest absolute Gasteiger partial charge is 0.269 e. The molecule has 0 spiro atoms. The van der Waals surface area contributed by atoms with Crippen molar-refractivity contribution in [3.8, 4) is 30.3 Å². The lowest BCUT2D eigenvalue weighted by atomic mass is 9.91. The molecule has 4 nitrogen and oxygen atoms in total. The first-order valence-corrected chi connectivity index (χ1v) is 8.51. The Morgan fingerprint density at radius 1 is 0.857 bits per heavy atom. The predicted molar refractivity (Wildman–Crippen MR) is 105 cm³/mol. The first-order valence-electron chi connectivity index (χ1n) is 8.51. The van der Waals surface area contributed by atoms with Gasteiger partial charge in [-0.3, -0.25) is 14.5 Å². The highest BCUT2D eigenvalue weighted by Crippen LogP contribution is 2.31. The van der Waals surface area contributed by atoms with Gasteiger partial charge in [-0.05, 0) is 47.9 Å². The zero-order valence-electron chi connectivity index (χ0n) is 14.7. The molecule has 0 bridgehead atoms. The summed E-state index contributed by atoms with van der Waals surface area (Å²) in [6.07, 6.45) is 5.31. The van der Waals surface area contributed by atoms with Crippen molar-refractivity contribution < 1.29 is 9.59 Å². The molecule has 2 amide bonds. The predicted octanol–water partition coefficient (Wildman–Crippen LogP) is 3.34. The van der Waals surface area contributed by atoms with Gasteiger partial charge in [0.05, 0.1) is 18.2 Å². The van der Waals surface area contributed by atoms with E-state index in [1.165, 1.54) is 0 Å². The smallest absolute Gasteiger partial charge is 0.262 e. The van der Waals surface area contributed by atoms with Crippen molar-refractivity contribution >= 4 is 22.6 Å². The number of terminal acetylenes is 1. The molecule has 130 valence electrons. The lowest BCUT2D eigenvalue weighted by molar-refractivity contribution is 0.0632. The van der Waals surface area contributed by atoms with Crippen LogP contribution in [-0.2, 0) is 0 Å². The molecule has 0 aliphatic carbocycles. The Balaban J connectivity index is 1.85. The minimum Gasteiger partial charge on any atom is -0.269 e. The molecule has 0 unspecified atom stereocenters. The molecule has 3 aromatic rings. The van der Waals surface area contributed by atoms with Crippen LogP contribution in [0.1, 0.15) is 37.4 Å². The number of benzene rings is 3. The normalized spacial score (nSPS) is 12.1. The van der Waals surface area contributed by atoms with Crippen molar-refractivity contribution in [1.82, 2.24) is 4.90 Å². The maximum atomic E-state index is 12.7. The van der Waals surface area contributed by atoms with Gasteiger partial charge >= 0.3 is 0 Å². The van der Waals surface area contributed by atoms with Crippen molar-refractivity contribution in [1.29, 1.82) is 5.26 Å². The van der Waals surface area contributed by atoms with Crippen molar-refractivity contribution in [3.05, 3.63) is 82.4 Å². The highest BCUT2D eigenvalue weighted by atomic mass is 16.2. The minimum absolute atomic E-state index is 0.0618. The van der Waals surface area contributed by atoms with Crippen LogP contribution < -0.4 is 0 Å². The summed E-state index contributed by atoms with van der Waals surface area (Å²) < 4.78 is 0. The van der Waals surface area contributed by atoms with Gasteiger partial charge in [0.2, 0.25) is 0 Å². The second-order valence-corrected chi connectivity index (χ2v) is 6.23. The SMILES string of the molecule is C#CCN1C(=O)c2cccc3c(C#Cc4ccc(C#N)cc4)ccc(c23)C1=O. The van der Waals surface area contributed by atoms with E-state index in [0.29, 0.717) is 22.1 Å². The molecular weight excluding hydrogens is 348 g/mol. The topological polar surface area (TPSA) is 61.2 Å². The number of imide groups is 1. The van der Waals surface area contributed by atoms with Gasteiger partial charge in [0.15, 0.2) is 0 Å². The molecule has 1 heterocycles. The van der Waals surface area contributed by atoms with Crippen LogP contribution in [0.2, 0.25) is 0 Å². The van der Waals surface area contributed by atoms with E-state index in [2.05, 4.69) is 23.8 Å². The average Bonchev–Trinajstić information content (AvgIpc) is 2.74. The van der Waals surface area contributed by atoms with Crippen LogP contribution in [0, 0.1) is 35.5 Å². The lowest BCUT2D eigenvalue weighted by Crippen LogP contribution is -2.40. The van der Waals surface area contributed by atoms with E-state index in [1.54, 1.807) is 48.5 Å². The molecule has 0 N–H and O–H groups in total. The summed E-state index contributed by atoms with van der Waals surface area (Å²) in [5.74, 6) is 7.75. The molecule has 28 heavy (non-hydrogen) atoms. The third kappa shape index (κ3) is 2.69. The summed E-state index contributed by atoms with van der Waals surface area (Å²) in [6.45, 7) is -0.0618. The van der Waals surface area contributed by atoms with E-state index in [1.807, 2.05) is 6.07 Å². The second-order valence-electron chi connectivity index (χ2n) is 6.23. The first kappa shape index (κ1) is 17.1. The number of amides is 2. The van der Waals surface area contributed by atoms with Crippen molar-refractivity contribution in [2.45, 2.75) is 0 Å². The molecule has 1 aliphatic rings. The molecule has 0 fully saturated rings. The standard InChI is InChI=1S/C24H12N2O2/c1-2-14-26-23(27)20-5-3-4-19-18(12-13-21(22(19)20)24(26)28)11-10-16-6-8-17(15-25)9-7-16/h1,3-9,12-13H,14H2. The van der Waals surface area contributed by atoms with E-state index < -0.39 is 11.8 Å². The van der Waals surface area contributed by atoms with Crippen molar-refractivity contribution in [2.75, 3.05) is 6.54 Å². The first-order chi connectivity index (χ1) is 13.6. The fourth-order valence-electron chi connectivity index (χ4n) is 3.26. The van der Waals surface area contributed by atoms with Gasteiger partial charge in [0.1, 0.15) is 0 Å². The number of nitriles is 1. The van der Waals surface area contributed by atoms with Crippen LogP contribution in [0.4, 0.5) is 0 Å². The molecule has 4 rings (SSSR count). The lowest BCUT2D eigenvalue weighted by Gasteiger charge is -2.25. The number of carbonyl (C=O) groups is 2. The monoisotopic (exact) mass is 360 g/mol. The van der Waals surface area contributed by atoms with Gasteiger partial charge in [-0.25, -0.2) is 0 Å². The molecule has 0 atom stereocenters. The summed E-state index contributed by atoms with van der Waals surface area (Å²) >= 11 is 0. The van der Waals surface area contributed by atoms with E-state index in [-0.39, 0.29) is 6.54 Å². The summed E-state index contributed by atoms with van der Waals surface area (Å²) in [5, 5.41) is 10.2. The van der Waals surface area contributed by atoms with E-state index >= 15 is 0 Å². The highest BCUT2D eigenvalue weighted by Gasteiger charge is 2.32. The summed E-state index contributed by atoms with van der Waals surface area (Å²) in [4.78, 5) is 26.5. The maximum Gasteiger partial charge on any atom is 0.262 e.